The molecule has 25 heavy (non-hydrogen) atoms. The SMILES string of the molecule is CCO[Si](CCCNC(=O)c1cc(I)cc(I)c1I)(OCC)OCC. The summed E-state index contributed by atoms with van der Waals surface area (Å²) in [5.41, 5.74) is 0.722. The molecule has 0 aliphatic heterocycles. The van der Waals surface area contributed by atoms with E-state index in [1.165, 1.54) is 0 Å². The quantitative estimate of drug-likeness (QED) is 0.158. The zero-order valence-corrected chi connectivity index (χ0v) is 22.1. The van der Waals surface area contributed by atoms with Crippen LogP contribution in [0.2, 0.25) is 6.04 Å². The Morgan fingerprint density at radius 3 is 2.12 bits per heavy atom. The lowest BCUT2D eigenvalue weighted by molar-refractivity contribution is 0.0705. The van der Waals surface area contributed by atoms with E-state index >= 15 is 0 Å². The lowest BCUT2D eigenvalue weighted by Gasteiger charge is -2.28. The first-order valence-electron chi connectivity index (χ1n) is 8.23. The van der Waals surface area contributed by atoms with Crippen molar-refractivity contribution in [3.05, 3.63) is 28.4 Å². The maximum Gasteiger partial charge on any atom is 0.500 e. The van der Waals surface area contributed by atoms with Crippen LogP contribution in [0.15, 0.2) is 12.1 Å². The zero-order chi connectivity index (χ0) is 18.9. The van der Waals surface area contributed by atoms with Gasteiger partial charge in [-0.2, -0.15) is 0 Å². The van der Waals surface area contributed by atoms with Crippen molar-refractivity contribution in [2.24, 2.45) is 0 Å². The molecule has 1 aromatic rings. The van der Waals surface area contributed by atoms with Crippen LogP contribution in [0.1, 0.15) is 37.6 Å². The number of rotatable bonds is 11. The van der Waals surface area contributed by atoms with E-state index in [1.54, 1.807) is 0 Å². The van der Waals surface area contributed by atoms with E-state index in [0.29, 0.717) is 32.4 Å². The second kappa shape index (κ2) is 12.4. The Kier molecular flexibility index (Phi) is 11.9. The maximum absolute atomic E-state index is 12.5. The molecular weight excluding hydrogens is 679 g/mol. The number of carbonyl (C=O) groups is 1. The van der Waals surface area contributed by atoms with Gasteiger partial charge >= 0.3 is 8.80 Å². The van der Waals surface area contributed by atoms with Gasteiger partial charge in [0.2, 0.25) is 0 Å². The Morgan fingerprint density at radius 1 is 1.04 bits per heavy atom. The first kappa shape index (κ1) is 24.0. The molecule has 1 rings (SSSR count). The fourth-order valence-corrected chi connectivity index (χ4v) is 7.34. The molecule has 0 saturated heterocycles. The number of hydrogen-bond donors (Lipinski definition) is 1. The highest BCUT2D eigenvalue weighted by molar-refractivity contribution is 14.1. The van der Waals surface area contributed by atoms with Crippen LogP contribution in [0, 0.1) is 10.7 Å². The van der Waals surface area contributed by atoms with Crippen LogP contribution in [-0.4, -0.2) is 41.1 Å². The molecule has 0 aromatic heterocycles. The highest BCUT2D eigenvalue weighted by Crippen LogP contribution is 2.23. The van der Waals surface area contributed by atoms with Gasteiger partial charge in [-0.15, -0.1) is 0 Å². The average Bonchev–Trinajstić information content (AvgIpc) is 2.55. The number of halogens is 3. The zero-order valence-electron chi connectivity index (χ0n) is 14.7. The second-order valence-electron chi connectivity index (χ2n) is 5.09. The summed E-state index contributed by atoms with van der Waals surface area (Å²) >= 11 is 6.71. The van der Waals surface area contributed by atoms with Crippen LogP contribution in [-0.2, 0) is 13.3 Å². The van der Waals surface area contributed by atoms with Gasteiger partial charge in [0, 0.05) is 43.1 Å². The van der Waals surface area contributed by atoms with Crippen LogP contribution in [0.4, 0.5) is 0 Å². The Labute approximate surface area is 192 Å². The van der Waals surface area contributed by atoms with E-state index in [0.717, 1.165) is 22.7 Å². The predicted molar refractivity (Wildman–Crippen MR) is 127 cm³/mol. The van der Waals surface area contributed by atoms with Crippen molar-refractivity contribution in [3.8, 4) is 0 Å². The molecule has 0 radical (unpaired) electrons. The molecule has 142 valence electrons. The van der Waals surface area contributed by atoms with E-state index in [9.17, 15) is 4.79 Å². The average molecular weight is 703 g/mol. The summed E-state index contributed by atoms with van der Waals surface area (Å²) < 4.78 is 20.6. The molecule has 0 fully saturated rings. The minimum absolute atomic E-state index is 0.0441. The van der Waals surface area contributed by atoms with Crippen LogP contribution in [0.5, 0.6) is 0 Å². The fourth-order valence-electron chi connectivity index (χ4n) is 2.32. The smallest absolute Gasteiger partial charge is 0.374 e. The highest BCUT2D eigenvalue weighted by atomic mass is 127. The number of benzene rings is 1. The normalized spacial score (nSPS) is 11.6. The molecule has 1 amide bonds. The minimum Gasteiger partial charge on any atom is -0.374 e. The summed E-state index contributed by atoms with van der Waals surface area (Å²) in [6.45, 7) is 8.11. The number of nitrogens with one attached hydrogen (secondary N) is 1. The third-order valence-corrected chi connectivity index (χ3v) is 10.1. The van der Waals surface area contributed by atoms with Gasteiger partial charge in [-0.1, -0.05) is 0 Å². The summed E-state index contributed by atoms with van der Waals surface area (Å²) in [5.74, 6) is -0.0441. The Morgan fingerprint density at radius 2 is 1.60 bits per heavy atom. The molecular formula is C16H24I3NO4Si. The van der Waals surface area contributed by atoms with Crippen LogP contribution >= 0.6 is 67.8 Å². The van der Waals surface area contributed by atoms with Gasteiger partial charge in [0.05, 0.1) is 5.56 Å². The molecule has 1 N–H and O–H groups in total. The van der Waals surface area contributed by atoms with Crippen molar-refractivity contribution in [1.29, 1.82) is 0 Å². The van der Waals surface area contributed by atoms with Crippen LogP contribution < -0.4 is 5.32 Å². The van der Waals surface area contributed by atoms with Crippen molar-refractivity contribution in [1.82, 2.24) is 5.32 Å². The largest absolute Gasteiger partial charge is 0.500 e. The standard InChI is InChI=1S/C16H24I3NO4Si/c1-4-22-25(23-5-2,24-6-3)9-7-8-20-16(21)13-10-12(17)11-14(18)15(13)19/h10-11H,4-9H2,1-3H3,(H,20,21). The lowest BCUT2D eigenvalue weighted by Crippen LogP contribution is -2.46. The highest BCUT2D eigenvalue weighted by Gasteiger charge is 2.39. The Hall–Kier alpha value is 0.977. The third-order valence-electron chi connectivity index (χ3n) is 3.28. The van der Waals surface area contributed by atoms with Crippen molar-refractivity contribution >= 4 is 82.5 Å². The molecule has 5 nitrogen and oxygen atoms in total. The molecule has 0 spiro atoms. The number of amides is 1. The molecule has 0 unspecified atom stereocenters. The fraction of sp³-hybridized carbons (Fsp3) is 0.562. The van der Waals surface area contributed by atoms with Gasteiger partial charge in [-0.25, -0.2) is 0 Å². The monoisotopic (exact) mass is 703 g/mol. The molecule has 0 atom stereocenters. The first-order valence-corrected chi connectivity index (χ1v) is 13.4. The van der Waals surface area contributed by atoms with Crippen LogP contribution in [0.25, 0.3) is 0 Å². The number of hydrogen-bond acceptors (Lipinski definition) is 4. The van der Waals surface area contributed by atoms with Crippen molar-refractivity contribution in [3.63, 3.8) is 0 Å². The minimum atomic E-state index is -2.63. The van der Waals surface area contributed by atoms with E-state index in [2.05, 4.69) is 79.2 Å². The predicted octanol–water partition coefficient (Wildman–Crippen LogP) is 4.67. The number of carbonyl (C=O) groups excluding carboxylic acids is 1. The van der Waals surface area contributed by atoms with E-state index in [-0.39, 0.29) is 5.91 Å². The Balaban J connectivity index is 2.62. The Bertz CT molecular complexity index is 558. The molecule has 9 heteroatoms. The second-order valence-corrected chi connectivity index (χ2v) is 11.3. The van der Waals surface area contributed by atoms with Crippen LogP contribution in [0.3, 0.4) is 0 Å². The maximum atomic E-state index is 12.5. The third kappa shape index (κ3) is 7.85. The molecule has 0 bridgehead atoms. The van der Waals surface area contributed by atoms with Gasteiger partial charge in [0.15, 0.2) is 0 Å². The van der Waals surface area contributed by atoms with Crippen molar-refractivity contribution < 1.29 is 18.1 Å². The van der Waals surface area contributed by atoms with E-state index < -0.39 is 8.80 Å². The summed E-state index contributed by atoms with van der Waals surface area (Å²) in [5, 5.41) is 3.00. The molecule has 0 heterocycles. The summed E-state index contributed by atoms with van der Waals surface area (Å²) in [6, 6.07) is 4.68. The van der Waals surface area contributed by atoms with Gasteiger partial charge in [-0.05, 0) is 107 Å². The topological polar surface area (TPSA) is 56.8 Å². The van der Waals surface area contributed by atoms with Gasteiger partial charge < -0.3 is 18.6 Å². The lowest BCUT2D eigenvalue weighted by atomic mass is 10.2. The van der Waals surface area contributed by atoms with Gasteiger partial charge in [0.25, 0.3) is 5.91 Å². The molecule has 0 aliphatic rings. The summed E-state index contributed by atoms with van der Waals surface area (Å²) in [7, 11) is -2.63. The molecule has 1 aromatic carbocycles. The molecule has 0 saturated carbocycles. The summed E-state index contributed by atoms with van der Waals surface area (Å²) in [6.07, 6.45) is 0.759. The van der Waals surface area contributed by atoms with E-state index in [1.807, 2.05) is 26.8 Å². The molecule has 0 aliphatic carbocycles. The van der Waals surface area contributed by atoms with Crippen molar-refractivity contribution in [2.75, 3.05) is 26.4 Å². The summed E-state index contributed by atoms with van der Waals surface area (Å²) in [4.78, 5) is 12.5. The van der Waals surface area contributed by atoms with Gasteiger partial charge in [-0.3, -0.25) is 4.79 Å². The van der Waals surface area contributed by atoms with Gasteiger partial charge in [0.1, 0.15) is 0 Å². The van der Waals surface area contributed by atoms with E-state index in [4.69, 9.17) is 13.3 Å². The first-order chi connectivity index (χ1) is 11.9. The van der Waals surface area contributed by atoms with Crippen molar-refractivity contribution in [2.45, 2.75) is 33.2 Å².